The molecule has 2 aliphatic heterocycles. The van der Waals surface area contributed by atoms with Crippen molar-refractivity contribution in [3.8, 4) is 0 Å². The van der Waals surface area contributed by atoms with Gasteiger partial charge in [0.05, 0.1) is 5.56 Å². The van der Waals surface area contributed by atoms with E-state index in [-0.39, 0.29) is 29.6 Å². The first kappa shape index (κ1) is 22.6. The molecule has 2 N–H and O–H groups in total. The van der Waals surface area contributed by atoms with Crippen molar-refractivity contribution in [3.63, 3.8) is 0 Å². The summed E-state index contributed by atoms with van der Waals surface area (Å²) in [6, 6.07) is 7.50. The van der Waals surface area contributed by atoms with Crippen molar-refractivity contribution >= 4 is 18.3 Å². The van der Waals surface area contributed by atoms with Gasteiger partial charge < -0.3 is 5.73 Å². The van der Waals surface area contributed by atoms with Crippen molar-refractivity contribution in [1.82, 2.24) is 9.88 Å². The Balaban J connectivity index is 0.00000256. The minimum Gasteiger partial charge on any atom is -0.366 e. The van der Waals surface area contributed by atoms with Gasteiger partial charge in [-0.05, 0) is 61.6 Å². The Labute approximate surface area is 180 Å². The average molecular weight is 440 g/mol. The van der Waals surface area contributed by atoms with E-state index >= 15 is 0 Å². The lowest BCUT2D eigenvalue weighted by atomic mass is 9.79. The third kappa shape index (κ3) is 4.18. The SMILES string of the molecule is Cl.NC(=O)c1cccc(C(F)(F)F)c1[C@@H](c1cccnc1)[C@@H]1CC[C@H]2CCCCN21. The quantitative estimate of drug-likeness (QED) is 0.746. The number of pyridine rings is 1. The van der Waals surface area contributed by atoms with Gasteiger partial charge in [0.1, 0.15) is 0 Å². The highest BCUT2D eigenvalue weighted by molar-refractivity contribution is 5.95. The molecule has 0 unspecified atom stereocenters. The van der Waals surface area contributed by atoms with Gasteiger partial charge in [-0.1, -0.05) is 18.6 Å². The van der Waals surface area contributed by atoms with E-state index in [1.807, 2.05) is 0 Å². The van der Waals surface area contributed by atoms with Crippen LogP contribution in [-0.4, -0.2) is 34.4 Å². The molecule has 0 saturated carbocycles. The maximum atomic E-state index is 14.0. The largest absolute Gasteiger partial charge is 0.416 e. The lowest BCUT2D eigenvalue weighted by molar-refractivity contribution is -0.138. The van der Waals surface area contributed by atoms with Crippen LogP contribution in [0.3, 0.4) is 0 Å². The Bertz CT molecular complexity index is 891. The highest BCUT2D eigenvalue weighted by atomic mass is 35.5. The van der Waals surface area contributed by atoms with E-state index in [9.17, 15) is 18.0 Å². The highest BCUT2D eigenvalue weighted by Crippen LogP contribution is 2.46. The number of nitrogens with zero attached hydrogens (tertiary/aromatic N) is 2. The standard InChI is InChI=1S/C22H24F3N3O.ClH/c23-22(24,25)17-8-3-7-16(21(26)29)20(17)19(14-5-4-11-27-13-14)18-10-9-15-6-1-2-12-28(15)18;/h3-5,7-8,11,13,15,18-19H,1-2,6,9-10,12H2,(H2,26,29);1H/t15-,18+,19+;/m1./s1. The predicted octanol–water partition coefficient (Wildman–Crippen LogP) is 4.77. The Morgan fingerprint density at radius 2 is 1.93 bits per heavy atom. The fourth-order valence-corrected chi connectivity index (χ4v) is 5.16. The number of carbonyl (C=O) groups is 1. The molecule has 8 heteroatoms. The molecule has 0 aliphatic carbocycles. The van der Waals surface area contributed by atoms with Crippen molar-refractivity contribution in [1.29, 1.82) is 0 Å². The van der Waals surface area contributed by atoms with E-state index in [2.05, 4.69) is 9.88 Å². The van der Waals surface area contributed by atoms with Crippen LogP contribution in [0, 0.1) is 0 Å². The molecule has 30 heavy (non-hydrogen) atoms. The first-order chi connectivity index (χ1) is 13.9. The van der Waals surface area contributed by atoms with E-state index in [4.69, 9.17) is 5.73 Å². The molecule has 4 nitrogen and oxygen atoms in total. The molecule has 3 atom stereocenters. The van der Waals surface area contributed by atoms with E-state index < -0.39 is 23.6 Å². The number of amides is 1. The van der Waals surface area contributed by atoms with E-state index in [0.717, 1.165) is 44.7 Å². The zero-order valence-corrected chi connectivity index (χ0v) is 17.3. The van der Waals surface area contributed by atoms with Gasteiger partial charge in [0.25, 0.3) is 0 Å². The molecule has 1 aromatic heterocycles. The average Bonchev–Trinajstić information content (AvgIpc) is 3.12. The number of nitrogens with two attached hydrogens (primary N) is 1. The summed E-state index contributed by atoms with van der Waals surface area (Å²) in [5.74, 6) is -1.46. The Morgan fingerprint density at radius 1 is 1.13 bits per heavy atom. The van der Waals surface area contributed by atoms with Gasteiger partial charge in [-0.3, -0.25) is 14.7 Å². The number of fused-ring (bicyclic) bond motifs is 1. The summed E-state index contributed by atoms with van der Waals surface area (Å²) in [6.07, 6.45) is 3.63. The van der Waals surface area contributed by atoms with Crippen LogP contribution in [0.4, 0.5) is 13.2 Å². The molecular weight excluding hydrogens is 415 g/mol. The van der Waals surface area contributed by atoms with Crippen LogP contribution >= 0.6 is 12.4 Å². The first-order valence-electron chi connectivity index (χ1n) is 10.0. The predicted molar refractivity (Wildman–Crippen MR) is 111 cm³/mol. The van der Waals surface area contributed by atoms with Gasteiger partial charge >= 0.3 is 6.18 Å². The van der Waals surface area contributed by atoms with Crippen molar-refractivity contribution in [3.05, 3.63) is 65.0 Å². The molecule has 0 bridgehead atoms. The van der Waals surface area contributed by atoms with Crippen LogP contribution in [0.5, 0.6) is 0 Å². The monoisotopic (exact) mass is 439 g/mol. The van der Waals surface area contributed by atoms with Gasteiger partial charge in [-0.15, -0.1) is 12.4 Å². The third-order valence-corrected chi connectivity index (χ3v) is 6.31. The summed E-state index contributed by atoms with van der Waals surface area (Å²) in [5, 5.41) is 0. The van der Waals surface area contributed by atoms with E-state index in [1.165, 1.54) is 12.1 Å². The van der Waals surface area contributed by atoms with Gasteiger partial charge in [0.2, 0.25) is 5.91 Å². The minimum atomic E-state index is -4.58. The Morgan fingerprint density at radius 3 is 2.60 bits per heavy atom. The zero-order valence-electron chi connectivity index (χ0n) is 16.4. The summed E-state index contributed by atoms with van der Waals surface area (Å²) in [6.45, 7) is 0.867. The van der Waals surface area contributed by atoms with Crippen molar-refractivity contribution < 1.29 is 18.0 Å². The van der Waals surface area contributed by atoms with Gasteiger partial charge in [0, 0.05) is 36.0 Å². The number of rotatable bonds is 4. The number of aromatic nitrogens is 1. The number of alkyl halides is 3. The Hall–Kier alpha value is -2.12. The van der Waals surface area contributed by atoms with E-state index in [0.29, 0.717) is 11.6 Å². The fraction of sp³-hybridized carbons (Fsp3) is 0.455. The molecule has 0 spiro atoms. The molecule has 162 valence electrons. The molecule has 2 aromatic rings. The van der Waals surface area contributed by atoms with Crippen LogP contribution in [0.1, 0.15) is 65.1 Å². The Kier molecular flexibility index (Phi) is 6.72. The smallest absolute Gasteiger partial charge is 0.366 e. The summed E-state index contributed by atoms with van der Waals surface area (Å²) in [7, 11) is 0. The number of hydrogen-bond donors (Lipinski definition) is 1. The molecule has 1 amide bonds. The van der Waals surface area contributed by atoms with Crippen molar-refractivity contribution in [2.75, 3.05) is 6.54 Å². The fourth-order valence-electron chi connectivity index (χ4n) is 5.16. The second-order valence-corrected chi connectivity index (χ2v) is 7.92. The second-order valence-electron chi connectivity index (χ2n) is 7.92. The molecule has 2 aliphatic rings. The number of halogens is 4. The van der Waals surface area contributed by atoms with Gasteiger partial charge in [-0.25, -0.2) is 0 Å². The summed E-state index contributed by atoms with van der Waals surface area (Å²) < 4.78 is 42.0. The highest BCUT2D eigenvalue weighted by Gasteiger charge is 2.45. The molecule has 2 saturated heterocycles. The summed E-state index contributed by atoms with van der Waals surface area (Å²) in [4.78, 5) is 18.7. The lowest BCUT2D eigenvalue weighted by Crippen LogP contribution is -2.43. The molecule has 4 rings (SSSR count). The van der Waals surface area contributed by atoms with Crippen LogP contribution in [0.15, 0.2) is 42.7 Å². The topological polar surface area (TPSA) is 59.2 Å². The summed E-state index contributed by atoms with van der Waals surface area (Å²) in [5.41, 5.74) is 5.35. The van der Waals surface area contributed by atoms with Crippen LogP contribution in [0.2, 0.25) is 0 Å². The maximum Gasteiger partial charge on any atom is 0.416 e. The van der Waals surface area contributed by atoms with Crippen molar-refractivity contribution in [2.45, 2.75) is 56.3 Å². The molecule has 2 fully saturated rings. The number of carbonyl (C=O) groups excluding carboxylic acids is 1. The number of primary amides is 1. The lowest BCUT2D eigenvalue weighted by Gasteiger charge is -2.39. The maximum absolute atomic E-state index is 14.0. The third-order valence-electron chi connectivity index (χ3n) is 6.31. The molecule has 1 aromatic carbocycles. The molecule has 0 radical (unpaired) electrons. The minimum absolute atomic E-state index is 0. The first-order valence-corrected chi connectivity index (χ1v) is 10.0. The van der Waals surface area contributed by atoms with Gasteiger partial charge in [-0.2, -0.15) is 13.2 Å². The van der Waals surface area contributed by atoms with E-state index in [1.54, 1.807) is 24.5 Å². The number of piperidine rings is 1. The second kappa shape index (κ2) is 8.94. The number of benzene rings is 1. The van der Waals surface area contributed by atoms with Gasteiger partial charge in [0.15, 0.2) is 0 Å². The van der Waals surface area contributed by atoms with Crippen LogP contribution in [0.25, 0.3) is 0 Å². The zero-order chi connectivity index (χ0) is 20.6. The van der Waals surface area contributed by atoms with Crippen LogP contribution < -0.4 is 5.73 Å². The van der Waals surface area contributed by atoms with Crippen molar-refractivity contribution in [2.24, 2.45) is 5.73 Å². The normalized spacial score (nSPS) is 22.8. The van der Waals surface area contributed by atoms with Crippen LogP contribution in [-0.2, 0) is 6.18 Å². The number of hydrogen-bond acceptors (Lipinski definition) is 3. The molecular formula is C22H25ClF3N3O. The molecule has 3 heterocycles. The summed E-state index contributed by atoms with van der Waals surface area (Å²) >= 11 is 0.